The Morgan fingerprint density at radius 1 is 0.900 bits per heavy atom. The molecule has 3 nitrogen and oxygen atoms in total. The van der Waals surface area contributed by atoms with Crippen molar-refractivity contribution in [2.24, 2.45) is 11.8 Å². The Hall–Kier alpha value is -1.38. The highest BCUT2D eigenvalue weighted by Gasteiger charge is 2.42. The van der Waals surface area contributed by atoms with Crippen molar-refractivity contribution in [1.82, 2.24) is 4.90 Å². The van der Waals surface area contributed by atoms with Gasteiger partial charge in [-0.2, -0.15) is 0 Å². The third-order valence-corrected chi connectivity index (χ3v) is 4.96. The van der Waals surface area contributed by atoms with E-state index in [4.69, 9.17) is 0 Å². The minimum Gasteiger partial charge on any atom is -0.351 e. The van der Waals surface area contributed by atoms with Crippen molar-refractivity contribution in [3.63, 3.8) is 0 Å². The Balaban J connectivity index is 2.18. The summed E-state index contributed by atoms with van der Waals surface area (Å²) in [6, 6.07) is 0. The number of carbonyl (C=O) groups is 2. The summed E-state index contributed by atoms with van der Waals surface area (Å²) in [4.78, 5) is 27.1. The van der Waals surface area contributed by atoms with E-state index >= 15 is 0 Å². The molecule has 0 saturated carbocycles. The summed E-state index contributed by atoms with van der Waals surface area (Å²) in [7, 11) is 2.04. The van der Waals surface area contributed by atoms with Crippen molar-refractivity contribution in [2.45, 2.75) is 52.4 Å². The Bertz CT molecular complexity index is 495. The minimum atomic E-state index is 0.0387. The summed E-state index contributed by atoms with van der Waals surface area (Å²) in [6.07, 6.45) is 5.14. The van der Waals surface area contributed by atoms with E-state index in [1.165, 1.54) is 11.4 Å². The molecule has 0 atom stereocenters. The van der Waals surface area contributed by atoms with E-state index in [1.807, 2.05) is 7.05 Å². The van der Waals surface area contributed by atoms with Crippen molar-refractivity contribution >= 4 is 11.6 Å². The van der Waals surface area contributed by atoms with Crippen LogP contribution in [0.4, 0.5) is 0 Å². The molecule has 0 saturated heterocycles. The SMILES string of the molecule is CC(C)C1C2=C(CCCC2=O)N(C)C2=C1C(=O)CCC2. The Morgan fingerprint density at radius 3 is 1.75 bits per heavy atom. The summed E-state index contributed by atoms with van der Waals surface area (Å²) in [5, 5.41) is 0. The molecule has 0 fully saturated rings. The smallest absolute Gasteiger partial charge is 0.161 e. The highest BCUT2D eigenvalue weighted by atomic mass is 16.1. The first kappa shape index (κ1) is 13.6. The van der Waals surface area contributed by atoms with E-state index in [2.05, 4.69) is 18.7 Å². The van der Waals surface area contributed by atoms with Crippen LogP contribution in [0, 0.1) is 11.8 Å². The maximum atomic E-state index is 12.5. The lowest BCUT2D eigenvalue weighted by molar-refractivity contribution is -0.118. The van der Waals surface area contributed by atoms with Crippen LogP contribution in [0.3, 0.4) is 0 Å². The number of carbonyl (C=O) groups excluding carboxylic acids is 2. The number of nitrogens with zero attached hydrogens (tertiary/aromatic N) is 1. The summed E-state index contributed by atoms with van der Waals surface area (Å²) < 4.78 is 0. The highest BCUT2D eigenvalue weighted by Crippen LogP contribution is 2.46. The normalized spacial score (nSPS) is 24.5. The van der Waals surface area contributed by atoms with Crippen LogP contribution in [0.1, 0.15) is 52.4 Å². The van der Waals surface area contributed by atoms with E-state index < -0.39 is 0 Å². The molecule has 1 aliphatic heterocycles. The molecule has 0 radical (unpaired) electrons. The first-order chi connectivity index (χ1) is 9.52. The predicted molar refractivity (Wildman–Crippen MR) is 77.9 cm³/mol. The van der Waals surface area contributed by atoms with Crippen LogP contribution < -0.4 is 0 Å². The average molecular weight is 273 g/mol. The van der Waals surface area contributed by atoms with E-state index in [9.17, 15) is 9.59 Å². The van der Waals surface area contributed by atoms with Crippen LogP contribution in [0.2, 0.25) is 0 Å². The number of Topliss-reactive ketones (excluding diaryl/α,β-unsaturated/α-hetero) is 2. The standard InChI is InChI=1S/C17H23NO2/c1-10(2)15-16-11(6-4-8-13(16)19)18(3)12-7-5-9-14(20)17(12)15/h10,15H,4-9H2,1-3H3. The van der Waals surface area contributed by atoms with Gasteiger partial charge in [0.05, 0.1) is 0 Å². The summed E-state index contributed by atoms with van der Waals surface area (Å²) in [6.45, 7) is 4.27. The van der Waals surface area contributed by atoms with Crippen molar-refractivity contribution in [3.8, 4) is 0 Å². The Morgan fingerprint density at radius 2 is 1.35 bits per heavy atom. The fraction of sp³-hybridized carbons (Fsp3) is 0.647. The lowest BCUT2D eigenvalue weighted by Crippen LogP contribution is -2.39. The highest BCUT2D eigenvalue weighted by molar-refractivity contribution is 6.04. The number of hydrogen-bond acceptors (Lipinski definition) is 3. The van der Waals surface area contributed by atoms with Gasteiger partial charge in [-0.05, 0) is 31.6 Å². The van der Waals surface area contributed by atoms with Gasteiger partial charge in [0.15, 0.2) is 11.6 Å². The molecule has 2 aliphatic carbocycles. The topological polar surface area (TPSA) is 37.4 Å². The molecule has 108 valence electrons. The molecular formula is C17H23NO2. The van der Waals surface area contributed by atoms with Crippen LogP contribution in [0.15, 0.2) is 22.5 Å². The van der Waals surface area contributed by atoms with E-state index in [-0.39, 0.29) is 17.5 Å². The van der Waals surface area contributed by atoms with E-state index in [0.717, 1.165) is 36.8 Å². The summed E-state index contributed by atoms with van der Waals surface area (Å²) >= 11 is 0. The largest absolute Gasteiger partial charge is 0.351 e. The fourth-order valence-corrected chi connectivity index (χ4v) is 4.07. The molecule has 1 heterocycles. The van der Waals surface area contributed by atoms with Crippen molar-refractivity contribution < 1.29 is 9.59 Å². The lowest BCUT2D eigenvalue weighted by Gasteiger charge is -2.43. The number of rotatable bonds is 1. The molecule has 3 rings (SSSR count). The summed E-state index contributed by atoms with van der Waals surface area (Å²) in [5.41, 5.74) is 4.27. The maximum Gasteiger partial charge on any atom is 0.161 e. The van der Waals surface area contributed by atoms with Gasteiger partial charge in [0.2, 0.25) is 0 Å². The number of ketones is 2. The van der Waals surface area contributed by atoms with Crippen molar-refractivity contribution in [2.75, 3.05) is 7.05 Å². The van der Waals surface area contributed by atoms with Gasteiger partial charge in [-0.25, -0.2) is 0 Å². The molecule has 0 unspecified atom stereocenters. The molecule has 0 N–H and O–H groups in total. The average Bonchev–Trinajstić information content (AvgIpc) is 2.41. The van der Waals surface area contributed by atoms with Crippen LogP contribution in [-0.4, -0.2) is 23.5 Å². The van der Waals surface area contributed by atoms with Crippen LogP contribution in [-0.2, 0) is 9.59 Å². The quantitative estimate of drug-likeness (QED) is 0.736. The van der Waals surface area contributed by atoms with E-state index in [0.29, 0.717) is 18.8 Å². The van der Waals surface area contributed by atoms with Gasteiger partial charge in [0.25, 0.3) is 0 Å². The third kappa shape index (κ3) is 1.87. The molecular weight excluding hydrogens is 250 g/mol. The zero-order valence-corrected chi connectivity index (χ0v) is 12.7. The molecule has 3 aliphatic rings. The van der Waals surface area contributed by atoms with Gasteiger partial charge in [-0.3, -0.25) is 9.59 Å². The third-order valence-electron chi connectivity index (χ3n) is 4.96. The van der Waals surface area contributed by atoms with Gasteiger partial charge in [0.1, 0.15) is 0 Å². The first-order valence-corrected chi connectivity index (χ1v) is 7.78. The molecule has 3 heteroatoms. The molecule has 0 aromatic rings. The zero-order chi connectivity index (χ0) is 14.4. The first-order valence-electron chi connectivity index (χ1n) is 7.78. The number of allylic oxidation sites excluding steroid dienone is 4. The lowest BCUT2D eigenvalue weighted by atomic mass is 9.69. The Labute approximate surface area is 120 Å². The molecule has 0 bridgehead atoms. The minimum absolute atomic E-state index is 0.0387. The van der Waals surface area contributed by atoms with E-state index in [1.54, 1.807) is 0 Å². The second-order valence-corrected chi connectivity index (χ2v) is 6.55. The van der Waals surface area contributed by atoms with Gasteiger partial charge >= 0.3 is 0 Å². The summed E-state index contributed by atoms with van der Waals surface area (Å²) in [5.74, 6) is 0.878. The van der Waals surface area contributed by atoms with Gasteiger partial charge in [-0.15, -0.1) is 0 Å². The maximum absolute atomic E-state index is 12.5. The molecule has 0 spiro atoms. The van der Waals surface area contributed by atoms with Gasteiger partial charge in [-0.1, -0.05) is 13.8 Å². The van der Waals surface area contributed by atoms with Crippen molar-refractivity contribution in [1.29, 1.82) is 0 Å². The van der Waals surface area contributed by atoms with Crippen LogP contribution in [0.5, 0.6) is 0 Å². The van der Waals surface area contributed by atoms with Crippen molar-refractivity contribution in [3.05, 3.63) is 22.5 Å². The number of hydrogen-bond donors (Lipinski definition) is 0. The molecule has 0 aromatic carbocycles. The molecule has 20 heavy (non-hydrogen) atoms. The monoisotopic (exact) mass is 273 g/mol. The Kier molecular flexibility index (Phi) is 3.31. The zero-order valence-electron chi connectivity index (χ0n) is 12.7. The molecule has 0 amide bonds. The second-order valence-electron chi connectivity index (χ2n) is 6.55. The predicted octanol–water partition coefficient (Wildman–Crippen LogP) is 3.22. The van der Waals surface area contributed by atoms with Crippen LogP contribution in [0.25, 0.3) is 0 Å². The van der Waals surface area contributed by atoms with Gasteiger partial charge in [0, 0.05) is 48.3 Å². The van der Waals surface area contributed by atoms with Crippen LogP contribution >= 0.6 is 0 Å². The van der Waals surface area contributed by atoms with Gasteiger partial charge < -0.3 is 4.90 Å². The second kappa shape index (κ2) is 4.87. The molecule has 0 aromatic heterocycles. The fourth-order valence-electron chi connectivity index (χ4n) is 4.07.